The lowest BCUT2D eigenvalue weighted by Crippen LogP contribution is -2.50. The number of hydrogen-bond donors (Lipinski definition) is 1. The summed E-state index contributed by atoms with van der Waals surface area (Å²) in [6.45, 7) is 1.58. The highest BCUT2D eigenvalue weighted by molar-refractivity contribution is 5.79. The average Bonchev–Trinajstić information content (AvgIpc) is 2.88. The van der Waals surface area contributed by atoms with E-state index in [1.165, 1.54) is 30.4 Å². The molecule has 2 N–H and O–H groups in total. The van der Waals surface area contributed by atoms with Crippen molar-refractivity contribution in [2.75, 3.05) is 27.3 Å². The molecule has 0 saturated heterocycles. The SMILES string of the molecule is COc1cc2c(cc1OC)CCN(C(=O)C1CC3CCCC(C1)C3N)CC2. The van der Waals surface area contributed by atoms with Gasteiger partial charge in [-0.25, -0.2) is 0 Å². The first-order chi connectivity index (χ1) is 13.1. The number of nitrogens with zero attached hydrogens (tertiary/aromatic N) is 1. The molecule has 27 heavy (non-hydrogen) atoms. The highest BCUT2D eigenvalue weighted by atomic mass is 16.5. The number of carbonyl (C=O) groups excluding carboxylic acids is 1. The monoisotopic (exact) mass is 372 g/mol. The molecular formula is C22H32N2O3. The van der Waals surface area contributed by atoms with Crippen molar-refractivity contribution in [2.45, 2.75) is 51.0 Å². The number of methoxy groups -OCH3 is 2. The second-order valence-electron chi connectivity index (χ2n) is 8.50. The van der Waals surface area contributed by atoms with Gasteiger partial charge in [0.05, 0.1) is 14.2 Å². The Morgan fingerprint density at radius 1 is 1.00 bits per heavy atom. The number of fused-ring (bicyclic) bond motifs is 3. The topological polar surface area (TPSA) is 64.8 Å². The summed E-state index contributed by atoms with van der Waals surface area (Å²) in [5.74, 6) is 3.15. The fourth-order valence-electron chi connectivity index (χ4n) is 5.52. The Hall–Kier alpha value is -1.75. The lowest BCUT2D eigenvalue weighted by atomic mass is 9.65. The lowest BCUT2D eigenvalue weighted by molar-refractivity contribution is -0.138. The van der Waals surface area contributed by atoms with E-state index in [9.17, 15) is 4.79 Å². The molecule has 1 amide bonds. The van der Waals surface area contributed by atoms with Gasteiger partial charge in [-0.1, -0.05) is 6.42 Å². The number of rotatable bonds is 3. The summed E-state index contributed by atoms with van der Waals surface area (Å²) >= 11 is 0. The molecule has 2 fully saturated rings. The summed E-state index contributed by atoms with van der Waals surface area (Å²) in [6.07, 6.45) is 7.41. The van der Waals surface area contributed by atoms with Crippen LogP contribution >= 0.6 is 0 Å². The van der Waals surface area contributed by atoms with Crippen molar-refractivity contribution in [3.8, 4) is 11.5 Å². The van der Waals surface area contributed by atoms with Crippen LogP contribution in [0, 0.1) is 17.8 Å². The Labute approximate surface area is 162 Å². The van der Waals surface area contributed by atoms with Crippen molar-refractivity contribution in [1.82, 2.24) is 4.90 Å². The van der Waals surface area contributed by atoms with Crippen molar-refractivity contribution in [3.05, 3.63) is 23.3 Å². The molecule has 148 valence electrons. The van der Waals surface area contributed by atoms with Crippen LogP contribution in [0.1, 0.15) is 43.2 Å². The number of ether oxygens (including phenoxy) is 2. The molecule has 2 saturated carbocycles. The van der Waals surface area contributed by atoms with Gasteiger partial charge in [-0.15, -0.1) is 0 Å². The molecular weight excluding hydrogens is 340 g/mol. The Morgan fingerprint density at radius 2 is 1.52 bits per heavy atom. The van der Waals surface area contributed by atoms with Crippen molar-refractivity contribution in [2.24, 2.45) is 23.5 Å². The Morgan fingerprint density at radius 3 is 2.00 bits per heavy atom. The van der Waals surface area contributed by atoms with Gasteiger partial charge in [0.15, 0.2) is 11.5 Å². The normalized spacial score (nSPS) is 30.3. The minimum Gasteiger partial charge on any atom is -0.493 e. The highest BCUT2D eigenvalue weighted by Crippen LogP contribution is 2.42. The predicted molar refractivity (Wildman–Crippen MR) is 105 cm³/mol. The summed E-state index contributed by atoms with van der Waals surface area (Å²) in [6, 6.07) is 4.47. The van der Waals surface area contributed by atoms with E-state index in [4.69, 9.17) is 15.2 Å². The molecule has 2 aliphatic carbocycles. The molecule has 0 spiro atoms. The van der Waals surface area contributed by atoms with Crippen LogP contribution in [-0.2, 0) is 17.6 Å². The van der Waals surface area contributed by atoms with Crippen LogP contribution < -0.4 is 15.2 Å². The molecule has 2 bridgehead atoms. The molecule has 1 aromatic rings. The van der Waals surface area contributed by atoms with Crippen LogP contribution in [0.25, 0.3) is 0 Å². The third-order valence-electron chi connectivity index (χ3n) is 7.08. The molecule has 2 atom stereocenters. The van der Waals surface area contributed by atoms with Crippen LogP contribution in [0.5, 0.6) is 11.5 Å². The van der Waals surface area contributed by atoms with Crippen molar-refractivity contribution in [1.29, 1.82) is 0 Å². The number of amides is 1. The summed E-state index contributed by atoms with van der Waals surface area (Å²) < 4.78 is 10.9. The maximum absolute atomic E-state index is 13.3. The maximum Gasteiger partial charge on any atom is 0.225 e. The van der Waals surface area contributed by atoms with Crippen LogP contribution in [0.15, 0.2) is 12.1 Å². The van der Waals surface area contributed by atoms with E-state index in [1.807, 2.05) is 0 Å². The van der Waals surface area contributed by atoms with Gasteiger partial charge < -0.3 is 20.1 Å². The molecule has 1 aliphatic heterocycles. The van der Waals surface area contributed by atoms with Crippen LogP contribution in [0.3, 0.4) is 0 Å². The average molecular weight is 373 g/mol. The molecule has 2 unspecified atom stereocenters. The quantitative estimate of drug-likeness (QED) is 0.886. The lowest BCUT2D eigenvalue weighted by Gasteiger charge is -2.44. The largest absolute Gasteiger partial charge is 0.493 e. The van der Waals surface area contributed by atoms with Crippen LogP contribution in [-0.4, -0.2) is 44.2 Å². The third-order valence-corrected chi connectivity index (χ3v) is 7.08. The van der Waals surface area contributed by atoms with Gasteiger partial charge in [0.25, 0.3) is 0 Å². The van der Waals surface area contributed by atoms with Gasteiger partial charge in [0.2, 0.25) is 5.91 Å². The van der Waals surface area contributed by atoms with E-state index in [2.05, 4.69) is 17.0 Å². The second-order valence-corrected chi connectivity index (χ2v) is 8.50. The van der Waals surface area contributed by atoms with Crippen molar-refractivity contribution < 1.29 is 14.3 Å². The zero-order chi connectivity index (χ0) is 19.0. The number of nitrogens with two attached hydrogens (primary N) is 1. The Bertz CT molecular complexity index is 656. The third kappa shape index (κ3) is 3.54. The second kappa shape index (κ2) is 7.70. The molecule has 0 radical (unpaired) electrons. The molecule has 0 aromatic heterocycles. The van der Waals surface area contributed by atoms with Gasteiger partial charge in [-0.3, -0.25) is 4.79 Å². The smallest absolute Gasteiger partial charge is 0.225 e. The van der Waals surface area contributed by atoms with Crippen LogP contribution in [0.2, 0.25) is 0 Å². The standard InChI is InChI=1S/C22H32N2O3/c1-26-19-12-14-6-8-24(9-7-15(14)13-20(19)27-2)22(25)18-10-16-4-3-5-17(11-18)21(16)23/h12-13,16-18,21H,3-11,23H2,1-2H3. The van der Waals surface area contributed by atoms with Gasteiger partial charge >= 0.3 is 0 Å². The summed E-state index contributed by atoms with van der Waals surface area (Å²) in [5.41, 5.74) is 8.95. The summed E-state index contributed by atoms with van der Waals surface area (Å²) in [4.78, 5) is 15.4. The minimum atomic E-state index is 0.172. The van der Waals surface area contributed by atoms with Gasteiger partial charge in [0, 0.05) is 25.0 Å². The Kier molecular flexibility index (Phi) is 5.31. The van der Waals surface area contributed by atoms with Gasteiger partial charge in [0.1, 0.15) is 0 Å². The van der Waals surface area contributed by atoms with Gasteiger partial charge in [-0.05, 0) is 73.6 Å². The van der Waals surface area contributed by atoms with E-state index >= 15 is 0 Å². The molecule has 1 aromatic carbocycles. The molecule has 5 nitrogen and oxygen atoms in total. The summed E-state index contributed by atoms with van der Waals surface area (Å²) in [7, 11) is 3.34. The first-order valence-corrected chi connectivity index (χ1v) is 10.4. The van der Waals surface area contributed by atoms with E-state index < -0.39 is 0 Å². The molecule has 4 rings (SSSR count). The fraction of sp³-hybridized carbons (Fsp3) is 0.682. The van der Waals surface area contributed by atoms with E-state index in [0.717, 1.165) is 50.3 Å². The number of benzene rings is 1. The highest BCUT2D eigenvalue weighted by Gasteiger charge is 2.41. The minimum absolute atomic E-state index is 0.172. The first-order valence-electron chi connectivity index (χ1n) is 10.4. The van der Waals surface area contributed by atoms with E-state index in [-0.39, 0.29) is 5.92 Å². The number of hydrogen-bond acceptors (Lipinski definition) is 4. The van der Waals surface area contributed by atoms with Crippen molar-refractivity contribution in [3.63, 3.8) is 0 Å². The first kappa shape index (κ1) is 18.6. The van der Waals surface area contributed by atoms with Crippen molar-refractivity contribution >= 4 is 5.91 Å². The zero-order valence-electron chi connectivity index (χ0n) is 16.6. The zero-order valence-corrected chi connectivity index (χ0v) is 16.6. The fourth-order valence-corrected chi connectivity index (χ4v) is 5.52. The predicted octanol–water partition coefficient (Wildman–Crippen LogP) is 2.78. The van der Waals surface area contributed by atoms with E-state index in [1.54, 1.807) is 14.2 Å². The molecule has 3 aliphatic rings. The Balaban J connectivity index is 1.46. The number of carbonyl (C=O) groups is 1. The van der Waals surface area contributed by atoms with E-state index in [0.29, 0.717) is 23.8 Å². The summed E-state index contributed by atoms with van der Waals surface area (Å²) in [5, 5.41) is 0. The van der Waals surface area contributed by atoms with Gasteiger partial charge in [-0.2, -0.15) is 0 Å². The molecule has 1 heterocycles. The maximum atomic E-state index is 13.3. The molecule has 5 heteroatoms. The van der Waals surface area contributed by atoms with Crippen LogP contribution in [0.4, 0.5) is 0 Å².